The van der Waals surface area contributed by atoms with Gasteiger partial charge in [-0.15, -0.1) is 0 Å². The molecule has 8 heteroatoms. The number of ether oxygens (including phenoxy) is 1. The van der Waals surface area contributed by atoms with Crippen LogP contribution in [-0.4, -0.2) is 15.9 Å². The SMILES string of the molecule is O=C(Oc1ccc2nc(-c3ccccn3)oc2c1)c1ccc(F)c(F)c1F. The van der Waals surface area contributed by atoms with Crippen LogP contribution in [0.3, 0.4) is 0 Å². The van der Waals surface area contributed by atoms with Gasteiger partial charge in [-0.3, -0.25) is 4.98 Å². The molecule has 0 bridgehead atoms. The summed E-state index contributed by atoms with van der Waals surface area (Å²) in [6.45, 7) is 0. The number of pyridine rings is 1. The summed E-state index contributed by atoms with van der Waals surface area (Å²) in [6, 6.07) is 11.0. The van der Waals surface area contributed by atoms with E-state index < -0.39 is 29.0 Å². The van der Waals surface area contributed by atoms with Gasteiger partial charge in [-0.1, -0.05) is 6.07 Å². The number of oxazole rings is 1. The number of carbonyl (C=O) groups is 1. The van der Waals surface area contributed by atoms with Crippen molar-refractivity contribution < 1.29 is 27.1 Å². The number of esters is 1. The van der Waals surface area contributed by atoms with Crippen LogP contribution in [0.5, 0.6) is 5.75 Å². The molecule has 0 saturated heterocycles. The summed E-state index contributed by atoms with van der Waals surface area (Å²) >= 11 is 0. The van der Waals surface area contributed by atoms with Crippen LogP contribution in [0.1, 0.15) is 10.4 Å². The molecule has 4 aromatic rings. The molecule has 0 amide bonds. The molecule has 0 saturated carbocycles. The van der Waals surface area contributed by atoms with Crippen LogP contribution in [0.4, 0.5) is 13.2 Å². The van der Waals surface area contributed by atoms with E-state index in [4.69, 9.17) is 9.15 Å². The van der Waals surface area contributed by atoms with Gasteiger partial charge in [0.1, 0.15) is 17.0 Å². The van der Waals surface area contributed by atoms with Gasteiger partial charge in [0.15, 0.2) is 23.0 Å². The number of hydrogen-bond acceptors (Lipinski definition) is 5. The third-order valence-corrected chi connectivity index (χ3v) is 3.71. The first-order valence-corrected chi connectivity index (χ1v) is 7.70. The number of halogens is 3. The van der Waals surface area contributed by atoms with E-state index in [1.165, 1.54) is 18.2 Å². The number of rotatable bonds is 3. The molecular formula is C19H9F3N2O3. The predicted molar refractivity (Wildman–Crippen MR) is 88.5 cm³/mol. The van der Waals surface area contributed by atoms with Gasteiger partial charge in [-0.2, -0.15) is 0 Å². The number of carbonyl (C=O) groups excluding carboxylic acids is 1. The second kappa shape index (κ2) is 6.56. The van der Waals surface area contributed by atoms with Crippen LogP contribution in [0.2, 0.25) is 0 Å². The van der Waals surface area contributed by atoms with Gasteiger partial charge in [-0.25, -0.2) is 22.9 Å². The highest BCUT2D eigenvalue weighted by Crippen LogP contribution is 2.27. The first-order valence-electron chi connectivity index (χ1n) is 7.70. The summed E-state index contributed by atoms with van der Waals surface area (Å²) in [5.41, 5.74) is 0.609. The molecule has 2 heterocycles. The Balaban J connectivity index is 1.63. The van der Waals surface area contributed by atoms with Crippen molar-refractivity contribution in [2.24, 2.45) is 0 Å². The van der Waals surface area contributed by atoms with Gasteiger partial charge in [0, 0.05) is 12.3 Å². The zero-order valence-electron chi connectivity index (χ0n) is 13.4. The lowest BCUT2D eigenvalue weighted by atomic mass is 10.2. The lowest BCUT2D eigenvalue weighted by Crippen LogP contribution is -2.12. The predicted octanol–water partition coefficient (Wildman–Crippen LogP) is 4.53. The molecule has 0 atom stereocenters. The van der Waals surface area contributed by atoms with Crippen molar-refractivity contribution in [1.82, 2.24) is 9.97 Å². The fourth-order valence-corrected chi connectivity index (χ4v) is 2.41. The number of fused-ring (bicyclic) bond motifs is 1. The number of nitrogens with zero attached hydrogens (tertiary/aromatic N) is 2. The zero-order chi connectivity index (χ0) is 19.0. The van der Waals surface area contributed by atoms with Crippen LogP contribution in [0.25, 0.3) is 22.7 Å². The lowest BCUT2D eigenvalue weighted by molar-refractivity contribution is 0.0728. The Kier molecular flexibility index (Phi) is 4.08. The van der Waals surface area contributed by atoms with Gasteiger partial charge in [0.2, 0.25) is 5.89 Å². The third-order valence-electron chi connectivity index (χ3n) is 3.71. The molecule has 0 fully saturated rings. The minimum absolute atomic E-state index is 0.0281. The molecule has 0 radical (unpaired) electrons. The topological polar surface area (TPSA) is 65.2 Å². The first-order chi connectivity index (χ1) is 13.0. The van der Waals surface area contributed by atoms with Crippen molar-refractivity contribution in [1.29, 1.82) is 0 Å². The molecule has 0 spiro atoms. The van der Waals surface area contributed by atoms with Crippen molar-refractivity contribution in [2.75, 3.05) is 0 Å². The Hall–Kier alpha value is -3.68. The van der Waals surface area contributed by atoms with Crippen molar-refractivity contribution in [3.8, 4) is 17.3 Å². The largest absolute Gasteiger partial charge is 0.435 e. The normalized spacial score (nSPS) is 10.9. The maximum atomic E-state index is 13.7. The average molecular weight is 370 g/mol. The average Bonchev–Trinajstić information content (AvgIpc) is 3.10. The van der Waals surface area contributed by atoms with Crippen molar-refractivity contribution in [3.63, 3.8) is 0 Å². The molecule has 0 aliphatic heterocycles. The van der Waals surface area contributed by atoms with E-state index in [1.807, 2.05) is 0 Å². The fourth-order valence-electron chi connectivity index (χ4n) is 2.41. The molecule has 2 aromatic heterocycles. The third kappa shape index (κ3) is 3.12. The van der Waals surface area contributed by atoms with Crippen LogP contribution in [0, 0.1) is 17.5 Å². The van der Waals surface area contributed by atoms with Crippen molar-refractivity contribution in [2.45, 2.75) is 0 Å². The Morgan fingerprint density at radius 2 is 1.85 bits per heavy atom. The quantitative estimate of drug-likeness (QED) is 0.301. The van der Waals surface area contributed by atoms with Crippen LogP contribution >= 0.6 is 0 Å². The maximum absolute atomic E-state index is 13.7. The van der Waals surface area contributed by atoms with Crippen LogP contribution in [0.15, 0.2) is 59.1 Å². The number of benzene rings is 2. The first kappa shape index (κ1) is 16.8. The van der Waals surface area contributed by atoms with E-state index >= 15 is 0 Å². The Morgan fingerprint density at radius 1 is 1.00 bits per heavy atom. The Labute approximate surface area is 150 Å². The minimum Gasteiger partial charge on any atom is -0.435 e. The Morgan fingerprint density at radius 3 is 2.63 bits per heavy atom. The Bertz CT molecular complexity index is 1160. The molecule has 0 N–H and O–H groups in total. The minimum atomic E-state index is -1.74. The van der Waals surface area contributed by atoms with Gasteiger partial charge >= 0.3 is 5.97 Å². The standard InChI is InChI=1S/C19H9F3N2O3/c20-12-6-5-11(16(21)17(12)22)19(25)26-10-4-7-13-15(9-10)27-18(24-13)14-3-1-2-8-23-14/h1-9H. The summed E-state index contributed by atoms with van der Waals surface area (Å²) < 4.78 is 50.6. The second-order valence-electron chi connectivity index (χ2n) is 5.48. The van der Waals surface area contributed by atoms with E-state index in [9.17, 15) is 18.0 Å². The maximum Gasteiger partial charge on any atom is 0.346 e. The smallest absolute Gasteiger partial charge is 0.346 e. The molecule has 2 aromatic carbocycles. The zero-order valence-corrected chi connectivity index (χ0v) is 13.4. The number of aromatic nitrogens is 2. The molecule has 4 rings (SSSR count). The van der Waals surface area contributed by atoms with Gasteiger partial charge < -0.3 is 9.15 Å². The summed E-state index contributed by atoms with van der Waals surface area (Å²) in [6.07, 6.45) is 1.59. The molecule has 5 nitrogen and oxygen atoms in total. The fraction of sp³-hybridized carbons (Fsp3) is 0. The molecule has 27 heavy (non-hydrogen) atoms. The van der Waals surface area contributed by atoms with Crippen molar-refractivity contribution in [3.05, 3.63) is 77.7 Å². The summed E-state index contributed by atoms with van der Waals surface area (Å²) in [5, 5.41) is 0. The second-order valence-corrected chi connectivity index (χ2v) is 5.48. The molecule has 134 valence electrons. The highest BCUT2D eigenvalue weighted by Gasteiger charge is 2.21. The number of hydrogen-bond donors (Lipinski definition) is 0. The van der Waals surface area contributed by atoms with E-state index in [0.29, 0.717) is 22.9 Å². The summed E-state index contributed by atoms with van der Waals surface area (Å²) in [4.78, 5) is 20.5. The summed E-state index contributed by atoms with van der Waals surface area (Å²) in [7, 11) is 0. The van der Waals surface area contributed by atoms with Gasteiger partial charge in [-0.05, 0) is 36.4 Å². The monoisotopic (exact) mass is 370 g/mol. The lowest BCUT2D eigenvalue weighted by Gasteiger charge is -2.05. The van der Waals surface area contributed by atoms with Crippen LogP contribution < -0.4 is 4.74 Å². The highest BCUT2D eigenvalue weighted by atomic mass is 19.2. The highest BCUT2D eigenvalue weighted by molar-refractivity contribution is 5.92. The van der Waals surface area contributed by atoms with E-state index in [1.54, 1.807) is 24.4 Å². The van der Waals surface area contributed by atoms with Crippen LogP contribution in [-0.2, 0) is 0 Å². The summed E-state index contributed by atoms with van der Waals surface area (Å²) in [5.74, 6) is -5.61. The molecule has 0 aliphatic rings. The van der Waals surface area contributed by atoms with E-state index in [2.05, 4.69) is 9.97 Å². The molecule has 0 unspecified atom stereocenters. The van der Waals surface area contributed by atoms with E-state index in [-0.39, 0.29) is 11.6 Å². The van der Waals surface area contributed by atoms with Gasteiger partial charge in [0.05, 0.1) is 5.56 Å². The molecular weight excluding hydrogens is 361 g/mol. The molecule has 0 aliphatic carbocycles. The van der Waals surface area contributed by atoms with Gasteiger partial charge in [0.25, 0.3) is 0 Å². The van der Waals surface area contributed by atoms with E-state index in [0.717, 1.165) is 6.07 Å². The van der Waals surface area contributed by atoms with Crippen molar-refractivity contribution >= 4 is 17.1 Å².